The van der Waals surface area contributed by atoms with Gasteiger partial charge in [-0.3, -0.25) is 4.79 Å². The molecule has 2 aromatic heterocycles. The van der Waals surface area contributed by atoms with Crippen molar-refractivity contribution in [1.29, 1.82) is 0 Å². The van der Waals surface area contributed by atoms with Crippen molar-refractivity contribution in [2.75, 3.05) is 5.32 Å². The number of ether oxygens (including phenoxy) is 1. The van der Waals surface area contributed by atoms with Gasteiger partial charge in [-0.25, -0.2) is 15.0 Å². The SMILES string of the molecule is O=C(Nc1nc2ccc(-c3cnc(CO[C@H]4CCC[C@@H]4O)nc3)cc2s1)C1CC(NC2CC2)C1. The van der Waals surface area contributed by atoms with E-state index in [1.165, 1.54) is 24.2 Å². The first-order chi connectivity index (χ1) is 16.6. The average molecular weight is 480 g/mol. The van der Waals surface area contributed by atoms with Gasteiger partial charge in [0.1, 0.15) is 6.61 Å². The number of hydrogen-bond acceptors (Lipinski definition) is 8. The predicted molar refractivity (Wildman–Crippen MR) is 130 cm³/mol. The Balaban J connectivity index is 1.07. The van der Waals surface area contributed by atoms with E-state index in [0.29, 0.717) is 29.6 Å². The van der Waals surface area contributed by atoms with Crippen molar-refractivity contribution in [1.82, 2.24) is 20.3 Å². The van der Waals surface area contributed by atoms with E-state index in [1.807, 2.05) is 12.1 Å². The molecule has 0 radical (unpaired) electrons. The molecule has 0 aliphatic heterocycles. The molecule has 0 bridgehead atoms. The zero-order chi connectivity index (χ0) is 23.1. The number of amides is 1. The summed E-state index contributed by atoms with van der Waals surface area (Å²) < 4.78 is 6.79. The van der Waals surface area contributed by atoms with Crippen LogP contribution in [0.3, 0.4) is 0 Å². The van der Waals surface area contributed by atoms with E-state index in [-0.39, 0.29) is 24.0 Å². The van der Waals surface area contributed by atoms with Crippen LogP contribution in [-0.2, 0) is 16.1 Å². The molecule has 2 atom stereocenters. The van der Waals surface area contributed by atoms with Crippen LogP contribution in [0.2, 0.25) is 0 Å². The second-order valence-corrected chi connectivity index (χ2v) is 10.8. The zero-order valence-corrected chi connectivity index (χ0v) is 19.8. The Kier molecular flexibility index (Phi) is 6.02. The van der Waals surface area contributed by atoms with Crippen LogP contribution >= 0.6 is 11.3 Å². The fraction of sp³-hybridized carbons (Fsp3) is 0.520. The van der Waals surface area contributed by atoms with Crippen molar-refractivity contribution in [3.8, 4) is 11.1 Å². The Bertz CT molecular complexity index is 1170. The highest BCUT2D eigenvalue weighted by Gasteiger charge is 2.37. The molecule has 34 heavy (non-hydrogen) atoms. The van der Waals surface area contributed by atoms with Crippen LogP contribution in [0.15, 0.2) is 30.6 Å². The third-order valence-corrected chi connectivity index (χ3v) is 7.99. The van der Waals surface area contributed by atoms with Gasteiger partial charge in [0.15, 0.2) is 11.0 Å². The summed E-state index contributed by atoms with van der Waals surface area (Å²) in [5, 5.41) is 17.1. The quantitative estimate of drug-likeness (QED) is 0.452. The maximum absolute atomic E-state index is 12.6. The summed E-state index contributed by atoms with van der Waals surface area (Å²) in [5.74, 6) is 0.761. The van der Waals surface area contributed by atoms with Gasteiger partial charge >= 0.3 is 0 Å². The largest absolute Gasteiger partial charge is 0.390 e. The Morgan fingerprint density at radius 3 is 2.65 bits per heavy atom. The molecule has 6 rings (SSSR count). The summed E-state index contributed by atoms with van der Waals surface area (Å²) >= 11 is 1.49. The number of anilines is 1. The first kappa shape index (κ1) is 22.0. The fourth-order valence-electron chi connectivity index (χ4n) is 4.78. The molecule has 0 saturated heterocycles. The van der Waals surface area contributed by atoms with E-state index in [9.17, 15) is 9.90 Å². The van der Waals surface area contributed by atoms with Crippen LogP contribution in [0.1, 0.15) is 50.8 Å². The smallest absolute Gasteiger partial charge is 0.229 e. The van der Waals surface area contributed by atoms with Crippen molar-refractivity contribution in [2.45, 2.75) is 75.8 Å². The number of fused-ring (bicyclic) bond motifs is 1. The van der Waals surface area contributed by atoms with Gasteiger partial charge in [-0.15, -0.1) is 0 Å². The highest BCUT2D eigenvalue weighted by Crippen LogP contribution is 2.34. The van der Waals surface area contributed by atoms with Crippen LogP contribution in [0.25, 0.3) is 21.3 Å². The van der Waals surface area contributed by atoms with Crippen molar-refractivity contribution >= 4 is 32.6 Å². The van der Waals surface area contributed by atoms with Crippen LogP contribution in [0.5, 0.6) is 0 Å². The highest BCUT2D eigenvalue weighted by atomic mass is 32.1. The molecule has 1 amide bonds. The van der Waals surface area contributed by atoms with Gasteiger partial charge in [0.25, 0.3) is 0 Å². The van der Waals surface area contributed by atoms with Crippen molar-refractivity contribution in [2.24, 2.45) is 5.92 Å². The second-order valence-electron chi connectivity index (χ2n) is 9.73. The minimum absolute atomic E-state index is 0.0736. The topological polar surface area (TPSA) is 109 Å². The number of nitrogens with zero attached hydrogens (tertiary/aromatic N) is 3. The van der Waals surface area contributed by atoms with Gasteiger partial charge < -0.3 is 20.5 Å². The summed E-state index contributed by atoms with van der Waals surface area (Å²) in [6.07, 6.45) is 10.2. The first-order valence-electron chi connectivity index (χ1n) is 12.2. The summed E-state index contributed by atoms with van der Waals surface area (Å²) in [7, 11) is 0. The van der Waals surface area contributed by atoms with Gasteiger partial charge in [-0.05, 0) is 62.6 Å². The molecular weight excluding hydrogens is 450 g/mol. The molecule has 0 spiro atoms. The summed E-state index contributed by atoms with van der Waals surface area (Å²) in [5.41, 5.74) is 2.78. The molecule has 3 aliphatic rings. The van der Waals surface area contributed by atoms with Crippen molar-refractivity contribution in [3.63, 3.8) is 0 Å². The summed E-state index contributed by atoms with van der Waals surface area (Å²) in [4.78, 5) is 26.0. The molecule has 3 fully saturated rings. The lowest BCUT2D eigenvalue weighted by Gasteiger charge is -2.34. The molecule has 3 aliphatic carbocycles. The lowest BCUT2D eigenvalue weighted by atomic mass is 9.79. The number of carbonyl (C=O) groups is 1. The van der Waals surface area contributed by atoms with E-state index in [4.69, 9.17) is 4.74 Å². The fourth-order valence-corrected chi connectivity index (χ4v) is 5.69. The molecule has 178 valence electrons. The third kappa shape index (κ3) is 4.84. The van der Waals surface area contributed by atoms with Crippen LogP contribution < -0.4 is 10.6 Å². The molecule has 9 heteroatoms. The number of rotatable bonds is 8. The monoisotopic (exact) mass is 479 g/mol. The molecule has 2 heterocycles. The molecule has 3 N–H and O–H groups in total. The van der Waals surface area contributed by atoms with Gasteiger partial charge in [0.2, 0.25) is 5.91 Å². The standard InChI is InChI=1S/C25H29N5O3S/c31-20-2-1-3-21(20)33-13-23-26-11-16(12-27-23)14-4-7-19-22(10-14)34-25(29-19)30-24(32)15-8-18(9-15)28-17-5-6-17/h4,7,10-12,15,17-18,20-21,28,31H,1-3,5-6,8-9,13H2,(H,29,30,32)/t15?,18?,20-,21-/m0/s1. The third-order valence-electron chi connectivity index (χ3n) is 7.06. The number of hydrogen-bond donors (Lipinski definition) is 3. The average Bonchev–Trinajstić information content (AvgIpc) is 3.41. The molecule has 3 saturated carbocycles. The van der Waals surface area contributed by atoms with Gasteiger partial charge in [0.05, 0.1) is 22.4 Å². The lowest BCUT2D eigenvalue weighted by Crippen LogP contribution is -2.46. The number of aliphatic hydroxyl groups excluding tert-OH is 1. The molecule has 8 nitrogen and oxygen atoms in total. The van der Waals surface area contributed by atoms with E-state index < -0.39 is 0 Å². The Morgan fingerprint density at radius 1 is 1.09 bits per heavy atom. The number of aliphatic hydroxyl groups is 1. The van der Waals surface area contributed by atoms with Gasteiger partial charge in [-0.2, -0.15) is 0 Å². The molecule has 1 aromatic carbocycles. The minimum atomic E-state index is -0.380. The first-order valence-corrected chi connectivity index (χ1v) is 13.0. The van der Waals surface area contributed by atoms with Crippen LogP contribution in [0.4, 0.5) is 5.13 Å². The lowest BCUT2D eigenvalue weighted by molar-refractivity contribution is -0.122. The Labute approximate surface area is 202 Å². The maximum atomic E-state index is 12.6. The molecule has 3 aromatic rings. The van der Waals surface area contributed by atoms with E-state index in [1.54, 1.807) is 12.4 Å². The highest BCUT2D eigenvalue weighted by molar-refractivity contribution is 7.22. The predicted octanol–water partition coefficient (Wildman–Crippen LogP) is 3.65. The Hall–Kier alpha value is -2.46. The number of nitrogens with one attached hydrogen (secondary N) is 2. The molecule has 0 unspecified atom stereocenters. The van der Waals surface area contributed by atoms with E-state index in [2.05, 4.69) is 31.7 Å². The van der Waals surface area contributed by atoms with Crippen LogP contribution in [-0.4, -0.2) is 50.3 Å². The minimum Gasteiger partial charge on any atom is -0.390 e. The second kappa shape index (κ2) is 9.30. The van der Waals surface area contributed by atoms with Crippen LogP contribution in [0, 0.1) is 5.92 Å². The summed E-state index contributed by atoms with van der Waals surface area (Å²) in [6.45, 7) is 0.303. The Morgan fingerprint density at radius 2 is 1.91 bits per heavy atom. The zero-order valence-electron chi connectivity index (χ0n) is 18.9. The number of benzene rings is 1. The molecular formula is C25H29N5O3S. The van der Waals surface area contributed by atoms with E-state index in [0.717, 1.165) is 53.4 Å². The van der Waals surface area contributed by atoms with Crippen molar-refractivity contribution in [3.05, 3.63) is 36.4 Å². The van der Waals surface area contributed by atoms with E-state index >= 15 is 0 Å². The summed E-state index contributed by atoms with van der Waals surface area (Å²) in [6, 6.07) is 7.21. The number of carbonyl (C=O) groups excluding carboxylic acids is 1. The number of aromatic nitrogens is 3. The van der Waals surface area contributed by atoms with Gasteiger partial charge in [-0.1, -0.05) is 17.4 Å². The normalized spacial score (nSPS) is 26.5. The maximum Gasteiger partial charge on any atom is 0.229 e. The van der Waals surface area contributed by atoms with Gasteiger partial charge in [0, 0.05) is 36.0 Å². The number of thiazole rings is 1. The van der Waals surface area contributed by atoms with Crippen molar-refractivity contribution < 1.29 is 14.6 Å².